The first-order valence-corrected chi connectivity index (χ1v) is 9.98. The first-order chi connectivity index (χ1) is 14.5. The molecule has 30 heavy (non-hydrogen) atoms. The molecule has 0 bridgehead atoms. The zero-order valence-electron chi connectivity index (χ0n) is 16.4. The highest BCUT2D eigenvalue weighted by Crippen LogP contribution is 2.32. The van der Waals surface area contributed by atoms with Crippen LogP contribution in [0.1, 0.15) is 18.4 Å². The maximum Gasteiger partial charge on any atom is 0.276 e. The Morgan fingerprint density at radius 3 is 2.70 bits per heavy atom. The van der Waals surface area contributed by atoms with Crippen molar-refractivity contribution < 1.29 is 19.1 Å². The molecule has 154 valence electrons. The van der Waals surface area contributed by atoms with Crippen LogP contribution < -0.4 is 20.1 Å². The van der Waals surface area contributed by atoms with Gasteiger partial charge in [0.05, 0.1) is 7.11 Å². The molecule has 7 nitrogen and oxygen atoms in total. The SMILES string of the molecule is COc1cc(/C=C2/NC(=S)N(C3CC3)C2=O)ccc1OCC(=O)Nc1ccccc1. The quantitative estimate of drug-likeness (QED) is 0.527. The van der Waals surface area contributed by atoms with Gasteiger partial charge in [-0.2, -0.15) is 0 Å². The van der Waals surface area contributed by atoms with E-state index in [9.17, 15) is 9.59 Å². The number of methoxy groups -OCH3 is 1. The molecule has 1 saturated carbocycles. The summed E-state index contributed by atoms with van der Waals surface area (Å²) in [5.41, 5.74) is 1.89. The van der Waals surface area contributed by atoms with Crippen LogP contribution in [0.3, 0.4) is 0 Å². The first-order valence-electron chi connectivity index (χ1n) is 9.57. The van der Waals surface area contributed by atoms with Gasteiger partial charge in [0.15, 0.2) is 23.2 Å². The number of hydrogen-bond donors (Lipinski definition) is 2. The van der Waals surface area contributed by atoms with Crippen LogP contribution >= 0.6 is 12.2 Å². The summed E-state index contributed by atoms with van der Waals surface area (Å²) in [5, 5.41) is 6.19. The lowest BCUT2D eigenvalue weighted by atomic mass is 10.1. The third kappa shape index (κ3) is 4.44. The number of nitrogens with zero attached hydrogens (tertiary/aromatic N) is 1. The average molecular weight is 423 g/mol. The van der Waals surface area contributed by atoms with Crippen molar-refractivity contribution in [1.29, 1.82) is 0 Å². The lowest BCUT2D eigenvalue weighted by molar-refractivity contribution is -0.122. The van der Waals surface area contributed by atoms with E-state index in [4.69, 9.17) is 21.7 Å². The van der Waals surface area contributed by atoms with Gasteiger partial charge in [0.1, 0.15) is 5.70 Å². The summed E-state index contributed by atoms with van der Waals surface area (Å²) in [5.74, 6) is 0.510. The Morgan fingerprint density at radius 2 is 2.00 bits per heavy atom. The van der Waals surface area contributed by atoms with Crippen LogP contribution in [0, 0.1) is 0 Å². The highest BCUT2D eigenvalue weighted by Gasteiger charge is 2.41. The number of carbonyl (C=O) groups is 2. The van der Waals surface area contributed by atoms with Crippen LogP contribution in [0.2, 0.25) is 0 Å². The Balaban J connectivity index is 1.42. The number of thiocarbonyl (C=S) groups is 1. The molecule has 1 aliphatic heterocycles. The first kappa shape index (κ1) is 19.9. The molecule has 0 unspecified atom stereocenters. The second-order valence-electron chi connectivity index (χ2n) is 7.01. The largest absolute Gasteiger partial charge is 0.493 e. The minimum Gasteiger partial charge on any atom is -0.493 e. The number of ether oxygens (including phenoxy) is 2. The molecular weight excluding hydrogens is 402 g/mol. The molecule has 1 saturated heterocycles. The standard InChI is InChI=1S/C22H21N3O4S/c1-28-19-12-14(11-17-21(27)25(16-8-9-16)22(30)24-17)7-10-18(19)29-13-20(26)23-15-5-3-2-4-6-15/h2-7,10-12,16H,8-9,13H2,1H3,(H,23,26)(H,24,30)/b17-11+. The summed E-state index contributed by atoms with van der Waals surface area (Å²) < 4.78 is 11.0. The van der Waals surface area contributed by atoms with E-state index in [-0.39, 0.29) is 24.5 Å². The number of benzene rings is 2. The van der Waals surface area contributed by atoms with E-state index in [0.717, 1.165) is 18.4 Å². The van der Waals surface area contributed by atoms with Crippen molar-refractivity contribution in [3.8, 4) is 11.5 Å². The lowest BCUT2D eigenvalue weighted by Crippen LogP contribution is -2.32. The van der Waals surface area contributed by atoms with E-state index >= 15 is 0 Å². The monoisotopic (exact) mass is 423 g/mol. The minimum atomic E-state index is -0.274. The molecule has 4 rings (SSSR count). The van der Waals surface area contributed by atoms with Gasteiger partial charge in [-0.1, -0.05) is 24.3 Å². The molecule has 0 spiro atoms. The maximum absolute atomic E-state index is 12.6. The van der Waals surface area contributed by atoms with E-state index in [1.807, 2.05) is 18.2 Å². The number of amides is 2. The molecule has 0 atom stereocenters. The van der Waals surface area contributed by atoms with Gasteiger partial charge in [0, 0.05) is 11.7 Å². The van der Waals surface area contributed by atoms with E-state index in [2.05, 4.69) is 10.6 Å². The zero-order chi connectivity index (χ0) is 21.1. The van der Waals surface area contributed by atoms with Crippen molar-refractivity contribution in [3.05, 3.63) is 59.8 Å². The summed E-state index contributed by atoms with van der Waals surface area (Å²) in [7, 11) is 1.52. The zero-order valence-corrected chi connectivity index (χ0v) is 17.2. The van der Waals surface area contributed by atoms with Gasteiger partial charge >= 0.3 is 0 Å². The molecule has 2 aromatic carbocycles. The van der Waals surface area contributed by atoms with Crippen LogP contribution in [0.25, 0.3) is 6.08 Å². The van der Waals surface area contributed by atoms with Crippen molar-refractivity contribution >= 4 is 40.9 Å². The van der Waals surface area contributed by atoms with Crippen LogP contribution in [-0.4, -0.2) is 41.6 Å². The molecule has 1 heterocycles. The Bertz CT molecular complexity index is 1020. The number of carbonyl (C=O) groups excluding carboxylic acids is 2. The highest BCUT2D eigenvalue weighted by molar-refractivity contribution is 7.80. The van der Waals surface area contributed by atoms with Crippen LogP contribution in [0.4, 0.5) is 5.69 Å². The number of hydrogen-bond acceptors (Lipinski definition) is 5. The van der Waals surface area contributed by atoms with Gasteiger partial charge in [-0.15, -0.1) is 0 Å². The van der Waals surface area contributed by atoms with Gasteiger partial charge in [-0.25, -0.2) is 0 Å². The Labute approximate surface area is 179 Å². The number of para-hydroxylation sites is 1. The van der Waals surface area contributed by atoms with E-state index in [0.29, 0.717) is 28.0 Å². The second-order valence-corrected chi connectivity index (χ2v) is 7.39. The normalized spacial score (nSPS) is 17.1. The average Bonchev–Trinajstić information content (AvgIpc) is 3.53. The second kappa shape index (κ2) is 8.54. The fraction of sp³-hybridized carbons (Fsp3) is 0.227. The Morgan fingerprint density at radius 1 is 1.23 bits per heavy atom. The van der Waals surface area contributed by atoms with Gasteiger partial charge in [-0.05, 0) is 61.0 Å². The smallest absolute Gasteiger partial charge is 0.276 e. The van der Waals surface area contributed by atoms with E-state index < -0.39 is 0 Å². The predicted molar refractivity (Wildman–Crippen MR) is 117 cm³/mol. The Kier molecular flexibility index (Phi) is 5.67. The molecule has 0 radical (unpaired) electrons. The summed E-state index contributed by atoms with van der Waals surface area (Å²) in [6, 6.07) is 14.6. The summed E-state index contributed by atoms with van der Waals surface area (Å²) in [4.78, 5) is 26.3. The van der Waals surface area contributed by atoms with Crippen LogP contribution in [0.5, 0.6) is 11.5 Å². The molecular formula is C22H21N3O4S. The fourth-order valence-electron chi connectivity index (χ4n) is 3.13. The van der Waals surface area contributed by atoms with Crippen LogP contribution in [0.15, 0.2) is 54.2 Å². The molecule has 2 aliphatic rings. The van der Waals surface area contributed by atoms with Crippen LogP contribution in [-0.2, 0) is 9.59 Å². The molecule has 2 N–H and O–H groups in total. The summed E-state index contributed by atoms with van der Waals surface area (Å²) in [6.07, 6.45) is 3.70. The van der Waals surface area contributed by atoms with Crippen molar-refractivity contribution in [2.45, 2.75) is 18.9 Å². The summed E-state index contributed by atoms with van der Waals surface area (Å²) >= 11 is 5.27. The predicted octanol–water partition coefficient (Wildman–Crippen LogP) is 2.93. The number of nitrogens with one attached hydrogen (secondary N) is 2. The van der Waals surface area contributed by atoms with Crippen molar-refractivity contribution in [1.82, 2.24) is 10.2 Å². The summed E-state index contributed by atoms with van der Waals surface area (Å²) in [6.45, 7) is -0.156. The van der Waals surface area contributed by atoms with Gasteiger partial charge in [0.2, 0.25) is 0 Å². The molecule has 2 aromatic rings. The lowest BCUT2D eigenvalue weighted by Gasteiger charge is -2.12. The third-order valence-corrected chi connectivity index (χ3v) is 5.04. The molecule has 8 heteroatoms. The van der Waals surface area contributed by atoms with Gasteiger partial charge in [0.25, 0.3) is 11.8 Å². The maximum atomic E-state index is 12.6. The van der Waals surface area contributed by atoms with Crippen molar-refractivity contribution in [2.75, 3.05) is 19.0 Å². The molecule has 0 aromatic heterocycles. The minimum absolute atomic E-state index is 0.112. The van der Waals surface area contributed by atoms with Crippen molar-refractivity contribution in [2.24, 2.45) is 0 Å². The molecule has 2 amide bonds. The number of rotatable bonds is 7. The van der Waals surface area contributed by atoms with E-state index in [1.165, 1.54) is 7.11 Å². The third-order valence-electron chi connectivity index (χ3n) is 4.74. The van der Waals surface area contributed by atoms with Gasteiger partial charge < -0.3 is 20.1 Å². The molecule has 1 aliphatic carbocycles. The fourth-order valence-corrected chi connectivity index (χ4v) is 3.48. The highest BCUT2D eigenvalue weighted by atomic mass is 32.1. The Hall–Kier alpha value is -3.39. The van der Waals surface area contributed by atoms with Crippen molar-refractivity contribution in [3.63, 3.8) is 0 Å². The molecule has 2 fully saturated rings. The number of anilines is 1. The topological polar surface area (TPSA) is 79.9 Å². The van der Waals surface area contributed by atoms with Gasteiger partial charge in [-0.3, -0.25) is 14.5 Å². The van der Waals surface area contributed by atoms with E-state index in [1.54, 1.807) is 41.3 Å².